The maximum absolute atomic E-state index is 14.2. The number of hydrogen-bond donors (Lipinski definition) is 2. The minimum Gasteiger partial charge on any atom is -0.497 e. The molecule has 3 aromatic rings. The fourth-order valence-electron chi connectivity index (χ4n) is 3.82. The molecule has 0 saturated carbocycles. The van der Waals surface area contributed by atoms with Crippen molar-refractivity contribution in [2.24, 2.45) is 10.7 Å². The van der Waals surface area contributed by atoms with E-state index in [1.165, 1.54) is 24.1 Å². The van der Waals surface area contributed by atoms with Crippen molar-refractivity contribution in [3.05, 3.63) is 64.5 Å². The predicted octanol–water partition coefficient (Wildman–Crippen LogP) is 2.03. The lowest BCUT2D eigenvalue weighted by Gasteiger charge is -2.32. The Labute approximate surface area is 185 Å². The molecule has 8 nitrogen and oxygen atoms in total. The SMILES string of the molecule is COc1ccc(CCn2cnc3cc(N=C(N)N4CCNC(C)C4)ccc3c2=O)c(F)c1. The third-order valence-electron chi connectivity index (χ3n) is 5.63. The van der Waals surface area contributed by atoms with Gasteiger partial charge in [0.1, 0.15) is 11.6 Å². The molecule has 2 heterocycles. The Kier molecular flexibility index (Phi) is 6.36. The molecule has 168 valence electrons. The van der Waals surface area contributed by atoms with E-state index < -0.39 is 0 Å². The molecule has 3 N–H and O–H groups in total. The standard InChI is InChI=1S/C23H27FN6O2/c1-15-13-29(10-8-26-15)23(25)28-17-4-6-19-21(11-17)27-14-30(22(19)31)9-7-16-3-5-18(32-2)12-20(16)24/h3-6,11-12,14-15,26H,7-10,13H2,1-2H3,(H2,25,28). The maximum Gasteiger partial charge on any atom is 0.261 e. The van der Waals surface area contributed by atoms with Crippen LogP contribution in [0.2, 0.25) is 0 Å². The predicted molar refractivity (Wildman–Crippen MR) is 123 cm³/mol. The minimum atomic E-state index is -0.356. The van der Waals surface area contributed by atoms with Crippen molar-refractivity contribution in [2.45, 2.75) is 25.9 Å². The van der Waals surface area contributed by atoms with Crippen LogP contribution in [0, 0.1) is 5.82 Å². The number of nitrogens with zero attached hydrogens (tertiary/aromatic N) is 4. The number of rotatable bonds is 5. The summed E-state index contributed by atoms with van der Waals surface area (Å²) in [5.41, 5.74) is 7.72. The van der Waals surface area contributed by atoms with E-state index in [0.717, 1.165) is 19.6 Å². The second-order valence-electron chi connectivity index (χ2n) is 7.92. The molecular formula is C23H27FN6O2. The number of benzene rings is 2. The lowest BCUT2D eigenvalue weighted by molar-refractivity contribution is 0.301. The van der Waals surface area contributed by atoms with E-state index in [4.69, 9.17) is 10.5 Å². The second kappa shape index (κ2) is 9.35. The average Bonchev–Trinajstić information content (AvgIpc) is 2.79. The van der Waals surface area contributed by atoms with Gasteiger partial charge >= 0.3 is 0 Å². The summed E-state index contributed by atoms with van der Waals surface area (Å²) in [5, 5.41) is 3.85. The first-order valence-electron chi connectivity index (χ1n) is 10.6. The van der Waals surface area contributed by atoms with Crippen molar-refractivity contribution in [1.29, 1.82) is 0 Å². The molecule has 1 aromatic heterocycles. The minimum absolute atomic E-state index is 0.177. The zero-order chi connectivity index (χ0) is 22.7. The van der Waals surface area contributed by atoms with Gasteiger partial charge in [-0.3, -0.25) is 9.36 Å². The monoisotopic (exact) mass is 438 g/mol. The lowest BCUT2D eigenvalue weighted by atomic mass is 10.1. The van der Waals surface area contributed by atoms with E-state index in [0.29, 0.717) is 52.9 Å². The van der Waals surface area contributed by atoms with E-state index in [1.54, 1.807) is 30.3 Å². The van der Waals surface area contributed by atoms with Crippen molar-refractivity contribution in [3.8, 4) is 5.75 Å². The molecule has 1 aliphatic rings. The smallest absolute Gasteiger partial charge is 0.261 e. The summed E-state index contributed by atoms with van der Waals surface area (Å²) in [7, 11) is 1.49. The summed E-state index contributed by atoms with van der Waals surface area (Å²) in [4.78, 5) is 23.8. The van der Waals surface area contributed by atoms with Gasteiger partial charge in [-0.15, -0.1) is 0 Å². The van der Waals surface area contributed by atoms with Crippen LogP contribution in [0.3, 0.4) is 0 Å². The quantitative estimate of drug-likeness (QED) is 0.467. The van der Waals surface area contributed by atoms with Gasteiger partial charge in [-0.05, 0) is 43.2 Å². The molecule has 1 saturated heterocycles. The lowest BCUT2D eigenvalue weighted by Crippen LogP contribution is -2.53. The molecule has 1 fully saturated rings. The first kappa shape index (κ1) is 21.8. The summed E-state index contributed by atoms with van der Waals surface area (Å²) in [6.45, 7) is 4.87. The Morgan fingerprint density at radius 2 is 2.19 bits per heavy atom. The number of aliphatic imine (C=N–C) groups is 1. The molecule has 1 aliphatic heterocycles. The normalized spacial score (nSPS) is 17.0. The largest absolute Gasteiger partial charge is 0.497 e. The summed E-state index contributed by atoms with van der Waals surface area (Å²) in [6, 6.07) is 10.3. The second-order valence-corrected chi connectivity index (χ2v) is 7.92. The van der Waals surface area contributed by atoms with Gasteiger partial charge in [-0.25, -0.2) is 14.4 Å². The van der Waals surface area contributed by atoms with E-state index in [9.17, 15) is 9.18 Å². The highest BCUT2D eigenvalue weighted by molar-refractivity contribution is 5.85. The number of ether oxygens (including phenoxy) is 1. The van der Waals surface area contributed by atoms with Gasteiger partial charge in [0.25, 0.3) is 5.56 Å². The molecule has 1 unspecified atom stereocenters. The van der Waals surface area contributed by atoms with Crippen molar-refractivity contribution in [3.63, 3.8) is 0 Å². The van der Waals surface area contributed by atoms with E-state index >= 15 is 0 Å². The molecule has 0 bridgehead atoms. The zero-order valence-electron chi connectivity index (χ0n) is 18.2. The summed E-state index contributed by atoms with van der Waals surface area (Å²) in [6.07, 6.45) is 1.85. The average molecular weight is 439 g/mol. The van der Waals surface area contributed by atoms with Crippen molar-refractivity contribution < 1.29 is 9.13 Å². The molecule has 2 aromatic carbocycles. The summed E-state index contributed by atoms with van der Waals surface area (Å²) < 4.78 is 20.7. The van der Waals surface area contributed by atoms with Gasteiger partial charge in [0.15, 0.2) is 5.96 Å². The Morgan fingerprint density at radius 3 is 2.94 bits per heavy atom. The Hall–Kier alpha value is -3.46. The molecule has 1 atom stereocenters. The Bertz CT molecular complexity index is 1210. The number of guanidine groups is 1. The number of piperazine rings is 1. The van der Waals surface area contributed by atoms with Gasteiger partial charge in [0, 0.05) is 38.3 Å². The van der Waals surface area contributed by atoms with Crippen LogP contribution in [-0.2, 0) is 13.0 Å². The van der Waals surface area contributed by atoms with Crippen molar-refractivity contribution in [2.75, 3.05) is 26.7 Å². The number of aryl methyl sites for hydroxylation is 2. The highest BCUT2D eigenvalue weighted by Crippen LogP contribution is 2.19. The van der Waals surface area contributed by atoms with Gasteiger partial charge in [-0.2, -0.15) is 0 Å². The third kappa shape index (κ3) is 4.72. The van der Waals surface area contributed by atoms with Gasteiger partial charge in [0.05, 0.1) is 30.0 Å². The number of fused-ring (bicyclic) bond motifs is 1. The number of aromatic nitrogens is 2. The molecule has 0 radical (unpaired) electrons. The number of hydrogen-bond acceptors (Lipinski definition) is 5. The van der Waals surface area contributed by atoms with Crippen LogP contribution in [0.5, 0.6) is 5.75 Å². The van der Waals surface area contributed by atoms with Crippen LogP contribution in [0.4, 0.5) is 10.1 Å². The Morgan fingerprint density at radius 1 is 1.34 bits per heavy atom. The third-order valence-corrected chi connectivity index (χ3v) is 5.63. The zero-order valence-corrected chi connectivity index (χ0v) is 18.2. The molecule has 4 rings (SSSR count). The molecule has 0 amide bonds. The fraction of sp³-hybridized carbons (Fsp3) is 0.348. The van der Waals surface area contributed by atoms with E-state index in [2.05, 4.69) is 22.2 Å². The highest BCUT2D eigenvalue weighted by atomic mass is 19.1. The first-order chi connectivity index (χ1) is 15.4. The van der Waals surface area contributed by atoms with Gasteiger partial charge in [-0.1, -0.05) is 6.07 Å². The van der Waals surface area contributed by atoms with Crippen LogP contribution in [0.15, 0.2) is 52.5 Å². The van der Waals surface area contributed by atoms with E-state index in [-0.39, 0.29) is 11.4 Å². The molecule has 32 heavy (non-hydrogen) atoms. The van der Waals surface area contributed by atoms with Crippen LogP contribution in [0.1, 0.15) is 12.5 Å². The number of nitrogens with two attached hydrogens (primary N) is 1. The highest BCUT2D eigenvalue weighted by Gasteiger charge is 2.17. The van der Waals surface area contributed by atoms with Gasteiger partial charge in [0.2, 0.25) is 0 Å². The maximum atomic E-state index is 14.2. The number of halogens is 1. The summed E-state index contributed by atoms with van der Waals surface area (Å²) in [5.74, 6) is 0.555. The van der Waals surface area contributed by atoms with Crippen LogP contribution in [0.25, 0.3) is 10.9 Å². The van der Waals surface area contributed by atoms with Crippen LogP contribution in [-0.4, -0.2) is 53.2 Å². The fourth-order valence-corrected chi connectivity index (χ4v) is 3.82. The Balaban J connectivity index is 1.52. The summed E-state index contributed by atoms with van der Waals surface area (Å²) >= 11 is 0. The molecular weight excluding hydrogens is 411 g/mol. The van der Waals surface area contributed by atoms with E-state index in [1.807, 2.05) is 4.90 Å². The topological polar surface area (TPSA) is 97.8 Å². The van der Waals surface area contributed by atoms with Crippen molar-refractivity contribution in [1.82, 2.24) is 19.8 Å². The van der Waals surface area contributed by atoms with Gasteiger partial charge < -0.3 is 20.7 Å². The molecule has 9 heteroatoms. The van der Waals surface area contributed by atoms with Crippen molar-refractivity contribution >= 4 is 22.5 Å². The molecule has 0 spiro atoms. The van der Waals surface area contributed by atoms with Crippen LogP contribution >= 0.6 is 0 Å². The van der Waals surface area contributed by atoms with Crippen LogP contribution < -0.4 is 21.3 Å². The molecule has 0 aliphatic carbocycles. The number of nitrogens with one attached hydrogen (secondary N) is 1. The number of methoxy groups -OCH3 is 1. The first-order valence-corrected chi connectivity index (χ1v) is 10.6.